The van der Waals surface area contributed by atoms with Gasteiger partial charge in [0.15, 0.2) is 5.82 Å². The molecule has 0 unspecified atom stereocenters. The Bertz CT molecular complexity index is 1390. The number of fused-ring (bicyclic) bond motifs is 3. The van der Waals surface area contributed by atoms with Gasteiger partial charge in [-0.1, -0.05) is 96.3 Å². The summed E-state index contributed by atoms with van der Waals surface area (Å²) >= 11 is 0. The zero-order valence-corrected chi connectivity index (χ0v) is 32.6. The first-order valence-corrected chi connectivity index (χ1v) is 19.9. The van der Waals surface area contributed by atoms with Crippen molar-refractivity contribution in [3.05, 3.63) is 30.1 Å². The lowest BCUT2D eigenvalue weighted by atomic mass is 10.1. The number of hydrogen-bond acceptors (Lipinski definition) is 8. The number of ether oxygens (including phenoxy) is 2. The largest absolute Gasteiger partial charge is 0.458 e. The Morgan fingerprint density at radius 3 is 2.14 bits per heavy atom. The van der Waals surface area contributed by atoms with Gasteiger partial charge >= 0.3 is 5.97 Å². The van der Waals surface area contributed by atoms with E-state index < -0.39 is 5.60 Å². The molecule has 0 aliphatic carbocycles. The lowest BCUT2D eigenvalue weighted by molar-refractivity contribution is -0.157. The van der Waals surface area contributed by atoms with E-state index in [1.807, 2.05) is 45.0 Å². The number of nitrogens with zero attached hydrogens (tertiary/aromatic N) is 5. The third-order valence-electron chi connectivity index (χ3n) is 9.76. The van der Waals surface area contributed by atoms with Gasteiger partial charge in [0.1, 0.15) is 23.5 Å². The molecule has 2 aromatic heterocycles. The molecule has 1 aromatic carbocycles. The maximum atomic E-state index is 13.0. The molecule has 0 amide bonds. The average molecular weight is 695 g/mol. The molecule has 0 fully saturated rings. The van der Waals surface area contributed by atoms with Crippen molar-refractivity contribution < 1.29 is 14.3 Å². The Labute approximate surface area is 303 Å². The van der Waals surface area contributed by atoms with Gasteiger partial charge in [-0.15, -0.1) is 0 Å². The van der Waals surface area contributed by atoms with Gasteiger partial charge in [0.05, 0.1) is 17.6 Å². The number of esters is 1. The van der Waals surface area contributed by atoms with Crippen molar-refractivity contribution >= 4 is 33.7 Å². The van der Waals surface area contributed by atoms with E-state index >= 15 is 0 Å². The number of carbonyl (C=O) groups is 1. The summed E-state index contributed by atoms with van der Waals surface area (Å²) in [5.74, 6) is 0.974. The molecule has 0 spiro atoms. The number of unbranched alkanes of at least 4 members (excludes halogenated alkanes) is 11. The fourth-order valence-electron chi connectivity index (χ4n) is 6.91. The highest BCUT2D eigenvalue weighted by atomic mass is 16.6. The van der Waals surface area contributed by atoms with Crippen LogP contribution in [-0.2, 0) is 27.4 Å². The number of nitrogen functional groups attached to an aromatic ring is 1. The van der Waals surface area contributed by atoms with Gasteiger partial charge in [0.2, 0.25) is 0 Å². The number of para-hydroxylation sites is 1. The molecule has 0 saturated heterocycles. The number of pyridine rings is 1. The Hall–Kier alpha value is -2.75. The lowest BCUT2D eigenvalue weighted by Crippen LogP contribution is -2.34. The van der Waals surface area contributed by atoms with Crippen LogP contribution in [-0.4, -0.2) is 82.3 Å². The quantitative estimate of drug-likeness (QED) is 0.0594. The molecule has 2 N–H and O–H groups in total. The Morgan fingerprint density at radius 2 is 1.44 bits per heavy atom. The van der Waals surface area contributed by atoms with Gasteiger partial charge in [-0.05, 0) is 92.3 Å². The molecule has 0 aliphatic rings. The number of carbonyl (C=O) groups excluding carboxylic acids is 1. The van der Waals surface area contributed by atoms with E-state index in [4.69, 9.17) is 20.2 Å². The van der Waals surface area contributed by atoms with Crippen LogP contribution in [0.3, 0.4) is 0 Å². The van der Waals surface area contributed by atoms with Gasteiger partial charge in [0.25, 0.3) is 0 Å². The van der Waals surface area contributed by atoms with Crippen LogP contribution in [0.5, 0.6) is 0 Å². The molecule has 3 aromatic rings. The monoisotopic (exact) mass is 695 g/mol. The van der Waals surface area contributed by atoms with Crippen LogP contribution in [0, 0.1) is 0 Å². The minimum Gasteiger partial charge on any atom is -0.458 e. The van der Waals surface area contributed by atoms with Crippen LogP contribution in [0.25, 0.3) is 21.9 Å². The van der Waals surface area contributed by atoms with Gasteiger partial charge in [-0.25, -0.2) is 9.97 Å². The zero-order chi connectivity index (χ0) is 36.2. The van der Waals surface area contributed by atoms with Crippen molar-refractivity contribution in [2.75, 3.05) is 52.1 Å². The summed E-state index contributed by atoms with van der Waals surface area (Å²) in [6.45, 7) is 17.6. The number of aromatic nitrogens is 3. The van der Waals surface area contributed by atoms with Crippen molar-refractivity contribution in [3.8, 4) is 0 Å². The molecule has 0 saturated carbocycles. The molecule has 50 heavy (non-hydrogen) atoms. The number of hydrogen-bond donors (Lipinski definition) is 1. The second-order valence-corrected chi connectivity index (χ2v) is 14.8. The molecule has 3 rings (SSSR count). The average Bonchev–Trinajstić information content (AvgIpc) is 3.44. The normalized spacial score (nSPS) is 12.2. The Balaban J connectivity index is 1.33. The predicted octanol–water partition coefficient (Wildman–Crippen LogP) is 9.15. The van der Waals surface area contributed by atoms with Gasteiger partial charge in [-0.2, -0.15) is 0 Å². The predicted molar refractivity (Wildman–Crippen MR) is 209 cm³/mol. The molecule has 2 heterocycles. The summed E-state index contributed by atoms with van der Waals surface area (Å²) in [6, 6.07) is 7.92. The maximum absolute atomic E-state index is 13.0. The maximum Gasteiger partial charge on any atom is 0.306 e. The van der Waals surface area contributed by atoms with Crippen LogP contribution in [0.2, 0.25) is 0 Å². The van der Waals surface area contributed by atoms with Crippen molar-refractivity contribution in [1.29, 1.82) is 0 Å². The highest BCUT2D eigenvalue weighted by molar-refractivity contribution is 6.06. The third-order valence-corrected chi connectivity index (χ3v) is 9.76. The Kier molecular flexibility index (Phi) is 19.1. The summed E-state index contributed by atoms with van der Waals surface area (Å²) in [7, 11) is 2.22. The number of rotatable bonds is 28. The number of imidazole rings is 1. The van der Waals surface area contributed by atoms with E-state index in [1.165, 1.54) is 83.7 Å². The molecule has 0 atom stereocenters. The standard InChI is InChI=1S/C41H70N6O3/c1-7-10-11-12-13-14-15-16-17-23-30-46(8-2)31-24-29-45(6)28-22-18-19-27-37(48)50-41(4,5)33-47-36(32-49-9-3)44-38-39(47)34-25-20-21-26-35(34)43-40(38)42/h20-21,25-26H,7-19,22-24,27-33H2,1-6H3,(H2,42,43). The second-order valence-electron chi connectivity index (χ2n) is 14.8. The van der Waals surface area contributed by atoms with E-state index in [0.717, 1.165) is 61.1 Å². The van der Waals surface area contributed by atoms with Gasteiger partial charge in [-0.3, -0.25) is 4.79 Å². The van der Waals surface area contributed by atoms with Crippen LogP contribution in [0.1, 0.15) is 137 Å². The first-order valence-electron chi connectivity index (χ1n) is 19.9. The zero-order valence-electron chi connectivity index (χ0n) is 32.6. The highest BCUT2D eigenvalue weighted by Gasteiger charge is 2.27. The molecule has 0 radical (unpaired) electrons. The van der Waals surface area contributed by atoms with Gasteiger partial charge < -0.3 is 29.6 Å². The first kappa shape index (κ1) is 41.7. The molecule has 9 nitrogen and oxygen atoms in total. The summed E-state index contributed by atoms with van der Waals surface area (Å²) in [5.41, 5.74) is 7.95. The van der Waals surface area contributed by atoms with Crippen LogP contribution < -0.4 is 5.73 Å². The fraction of sp³-hybridized carbons (Fsp3) is 0.732. The van der Waals surface area contributed by atoms with Crippen molar-refractivity contribution in [3.63, 3.8) is 0 Å². The van der Waals surface area contributed by atoms with E-state index in [0.29, 0.717) is 37.5 Å². The van der Waals surface area contributed by atoms with E-state index in [-0.39, 0.29) is 5.97 Å². The minimum absolute atomic E-state index is 0.160. The topological polar surface area (TPSA) is 98.7 Å². The summed E-state index contributed by atoms with van der Waals surface area (Å²) in [5, 5.41) is 0.964. The number of benzene rings is 1. The molecule has 0 aliphatic heterocycles. The lowest BCUT2D eigenvalue weighted by Gasteiger charge is -2.27. The van der Waals surface area contributed by atoms with Crippen molar-refractivity contribution in [2.45, 2.75) is 150 Å². The van der Waals surface area contributed by atoms with Crippen molar-refractivity contribution in [1.82, 2.24) is 24.3 Å². The molecule has 282 valence electrons. The summed E-state index contributed by atoms with van der Waals surface area (Å²) in [6.07, 6.45) is 18.5. The third kappa shape index (κ3) is 14.5. The fourth-order valence-corrected chi connectivity index (χ4v) is 6.91. The minimum atomic E-state index is -0.745. The molecular weight excluding hydrogens is 624 g/mol. The van der Waals surface area contributed by atoms with E-state index in [2.05, 4.69) is 40.2 Å². The van der Waals surface area contributed by atoms with Crippen LogP contribution >= 0.6 is 0 Å². The van der Waals surface area contributed by atoms with Crippen LogP contribution in [0.4, 0.5) is 5.82 Å². The summed E-state index contributed by atoms with van der Waals surface area (Å²) < 4.78 is 13.9. The van der Waals surface area contributed by atoms with Crippen molar-refractivity contribution in [2.24, 2.45) is 0 Å². The number of anilines is 1. The van der Waals surface area contributed by atoms with E-state index in [9.17, 15) is 4.79 Å². The molecule has 0 bridgehead atoms. The van der Waals surface area contributed by atoms with Gasteiger partial charge in [0, 0.05) is 18.4 Å². The first-order chi connectivity index (χ1) is 24.2. The number of nitrogens with two attached hydrogens (primary N) is 1. The second kappa shape index (κ2) is 22.9. The van der Waals surface area contributed by atoms with E-state index in [1.54, 1.807) is 0 Å². The highest BCUT2D eigenvalue weighted by Crippen LogP contribution is 2.31. The Morgan fingerprint density at radius 1 is 0.820 bits per heavy atom. The van der Waals surface area contributed by atoms with Crippen LogP contribution in [0.15, 0.2) is 24.3 Å². The SMILES string of the molecule is CCCCCCCCCCCCN(CC)CCCN(C)CCCCCC(=O)OC(C)(C)Cn1c(COCC)nc2c(N)nc3ccccc3c21. The molecule has 9 heteroatoms. The molecular formula is C41H70N6O3. The smallest absolute Gasteiger partial charge is 0.306 e. The summed E-state index contributed by atoms with van der Waals surface area (Å²) in [4.78, 5) is 27.4.